The van der Waals surface area contributed by atoms with Crippen LogP contribution in [0.1, 0.15) is 100 Å². The molecular weight excluding hydrogens is 1060 g/mol. The Labute approximate surface area is 496 Å². The highest BCUT2D eigenvalue weighted by atomic mass is 32.2. The van der Waals surface area contributed by atoms with E-state index in [2.05, 4.69) is 201 Å². The van der Waals surface area contributed by atoms with Crippen molar-refractivity contribution < 1.29 is 4.42 Å². The maximum atomic E-state index is 15.2. The lowest BCUT2D eigenvalue weighted by Gasteiger charge is -2.46. The fourth-order valence-corrected chi connectivity index (χ4v) is 19.0. The van der Waals surface area contributed by atoms with E-state index in [0.717, 1.165) is 78.2 Å². The second kappa shape index (κ2) is 17.2. The number of nitrogens with zero attached hydrogens (tertiary/aromatic N) is 6. The lowest BCUT2D eigenvalue weighted by molar-refractivity contribution is 0.244. The van der Waals surface area contributed by atoms with E-state index < -0.39 is 0 Å². The van der Waals surface area contributed by atoms with Crippen molar-refractivity contribution in [1.29, 1.82) is 0 Å². The zero-order valence-corrected chi connectivity index (χ0v) is 48.7. The van der Waals surface area contributed by atoms with Crippen molar-refractivity contribution in [3.63, 3.8) is 0 Å². The maximum absolute atomic E-state index is 15.2. The molecule has 6 aliphatic heterocycles. The molecule has 0 N–H and O–H groups in total. The number of anilines is 6. The molecule has 0 saturated heterocycles. The molecule has 9 aromatic carbocycles. The van der Waals surface area contributed by atoms with Crippen LogP contribution in [-0.4, -0.2) is 32.2 Å². The highest BCUT2D eigenvalue weighted by Crippen LogP contribution is 2.58. The van der Waals surface area contributed by atoms with Crippen LogP contribution >= 0.6 is 11.8 Å². The Morgan fingerprint density at radius 1 is 0.518 bits per heavy atom. The number of rotatable bonds is 1. The molecular formula is C73H58B2N6O3S. The summed E-state index contributed by atoms with van der Waals surface area (Å²) < 4.78 is 15.7. The Bertz CT molecular complexity index is 5090. The molecule has 21 rings (SSSR count). The highest BCUT2D eigenvalue weighted by Gasteiger charge is 2.55. The first-order valence-corrected chi connectivity index (χ1v) is 31.7. The minimum absolute atomic E-state index is 0.0523. The topological polar surface area (TPSA) is 73.5 Å². The van der Waals surface area contributed by atoms with Crippen LogP contribution in [0.2, 0.25) is 0 Å². The first-order chi connectivity index (χ1) is 41.8. The second-order valence-corrected chi connectivity index (χ2v) is 26.5. The molecule has 85 heavy (non-hydrogen) atoms. The van der Waals surface area contributed by atoms with Crippen LogP contribution in [0.15, 0.2) is 206 Å². The van der Waals surface area contributed by atoms with Gasteiger partial charge in [-0.05, 0) is 151 Å². The average Bonchev–Trinajstić information content (AvgIpc) is 1.81. The van der Waals surface area contributed by atoms with Gasteiger partial charge in [0.1, 0.15) is 11.2 Å². The van der Waals surface area contributed by atoms with Crippen molar-refractivity contribution in [3.05, 3.63) is 225 Å². The summed E-state index contributed by atoms with van der Waals surface area (Å²) in [5.41, 5.74) is 24.1. The Balaban J connectivity index is 0.000000124. The van der Waals surface area contributed by atoms with Crippen LogP contribution < -0.4 is 42.8 Å². The molecule has 0 amide bonds. The zero-order chi connectivity index (χ0) is 56.5. The van der Waals surface area contributed by atoms with E-state index in [1.807, 2.05) is 48.4 Å². The summed E-state index contributed by atoms with van der Waals surface area (Å²) >= 11 is 1.81. The fraction of sp³-hybridized carbons (Fsp3) is 0.205. The van der Waals surface area contributed by atoms with Crippen molar-refractivity contribution in [1.82, 2.24) is 18.5 Å². The van der Waals surface area contributed by atoms with Gasteiger partial charge in [0.15, 0.2) is 0 Å². The minimum atomic E-state index is -0.239. The van der Waals surface area contributed by atoms with Crippen LogP contribution in [0.4, 0.5) is 34.1 Å². The minimum Gasteiger partial charge on any atom is -0.456 e. The lowest BCUT2D eigenvalue weighted by Crippen LogP contribution is -2.57. The number of benzene rings is 9. The summed E-state index contributed by atoms with van der Waals surface area (Å²) in [6.45, 7) is 8.31. The third-order valence-corrected chi connectivity index (χ3v) is 22.1. The molecule has 9 nitrogen and oxygen atoms in total. The van der Waals surface area contributed by atoms with E-state index in [4.69, 9.17) is 4.42 Å². The normalized spacial score (nSPS) is 19.8. The summed E-state index contributed by atoms with van der Waals surface area (Å²) in [4.78, 5) is 36.9. The quantitative estimate of drug-likeness (QED) is 0.153. The molecule has 4 bridgehead atoms. The van der Waals surface area contributed by atoms with Gasteiger partial charge in [-0.2, -0.15) is 0 Å². The molecule has 0 spiro atoms. The Morgan fingerprint density at radius 3 is 2.01 bits per heavy atom. The number of fused-ring (bicyclic) bond motifs is 27. The molecule has 3 aromatic heterocycles. The average molecular weight is 1120 g/mol. The van der Waals surface area contributed by atoms with Gasteiger partial charge in [-0.15, -0.1) is 0 Å². The third-order valence-electron chi connectivity index (χ3n) is 21.0. The number of hydrogen-bond acceptors (Lipinski definition) is 6. The number of para-hydroxylation sites is 4. The van der Waals surface area contributed by atoms with Crippen LogP contribution in [0.25, 0.3) is 55.3 Å². The Kier molecular flexibility index (Phi) is 9.79. The SMILES string of the molecule is CC.CC1(C)c2ccccc2N2c3cccc4c3B(c3c2c1cc1c3oc2ccccc21)n1c(=O)c2c(n1-4)C1CCC3CC(CC2C3)C1.O=c1c2c(-c3ccccc3)cccc2n2n1B1c3cccc4c3N(c3ccccc3S4)c3cccc-2c31. The molecule has 4 atom stereocenters. The van der Waals surface area contributed by atoms with Crippen LogP contribution in [-0.2, 0) is 5.41 Å². The van der Waals surface area contributed by atoms with E-state index >= 15 is 4.79 Å². The number of furan rings is 1. The van der Waals surface area contributed by atoms with Crippen molar-refractivity contribution in [3.8, 4) is 22.5 Å². The predicted molar refractivity (Wildman–Crippen MR) is 348 cm³/mol. The van der Waals surface area contributed by atoms with Crippen molar-refractivity contribution in [2.24, 2.45) is 11.8 Å². The summed E-state index contributed by atoms with van der Waals surface area (Å²) in [6.07, 6.45) is 7.46. The van der Waals surface area contributed by atoms with Gasteiger partial charge in [0.25, 0.3) is 11.1 Å². The van der Waals surface area contributed by atoms with E-state index in [1.165, 1.54) is 116 Å². The monoisotopic (exact) mass is 1120 g/mol. The fourth-order valence-electron chi connectivity index (χ4n) is 17.9. The molecule has 12 heteroatoms. The number of aromatic nitrogens is 4. The number of hydrogen-bond donors (Lipinski definition) is 0. The van der Waals surface area contributed by atoms with Gasteiger partial charge < -0.3 is 14.2 Å². The van der Waals surface area contributed by atoms with Gasteiger partial charge >= 0.3 is 13.7 Å². The molecule has 3 aliphatic carbocycles. The molecule has 9 heterocycles. The Hall–Kier alpha value is -8.86. The van der Waals surface area contributed by atoms with E-state index in [9.17, 15) is 4.79 Å². The highest BCUT2D eigenvalue weighted by molar-refractivity contribution is 7.99. The van der Waals surface area contributed by atoms with Gasteiger partial charge in [0.05, 0.1) is 50.7 Å². The van der Waals surface area contributed by atoms with Gasteiger partial charge in [0, 0.05) is 65.2 Å². The molecule has 9 aliphatic rings. The zero-order valence-electron chi connectivity index (χ0n) is 47.8. The third kappa shape index (κ3) is 6.08. The predicted octanol–water partition coefficient (Wildman–Crippen LogP) is 14.4. The molecule has 4 unspecified atom stereocenters. The largest absolute Gasteiger partial charge is 0.456 e. The van der Waals surface area contributed by atoms with Crippen molar-refractivity contribution in [2.45, 2.75) is 93.3 Å². The first kappa shape index (κ1) is 48.5. The Morgan fingerprint density at radius 2 is 1.16 bits per heavy atom. The first-order valence-electron chi connectivity index (χ1n) is 30.8. The summed E-state index contributed by atoms with van der Waals surface area (Å²) in [6, 6.07) is 64.6. The molecule has 12 aromatic rings. The van der Waals surface area contributed by atoms with Gasteiger partial charge in [-0.3, -0.25) is 28.1 Å². The lowest BCUT2D eigenvalue weighted by atomic mass is 9.47. The maximum Gasteiger partial charge on any atom is 0.361 e. The van der Waals surface area contributed by atoms with Gasteiger partial charge in [0.2, 0.25) is 0 Å². The second-order valence-electron chi connectivity index (χ2n) is 25.4. The van der Waals surface area contributed by atoms with Crippen LogP contribution in [0, 0.1) is 11.8 Å². The molecule has 410 valence electrons. The van der Waals surface area contributed by atoms with Crippen molar-refractivity contribution in [2.75, 3.05) is 9.80 Å². The standard InChI is InChI=1S/C40H34BN3O2.C31H18BN3OS.C2H6/c1-40(2)27-9-4-5-10-29(27)42-30-11-7-12-31-34(30)41(35-37(42)28(40)20-26-25-8-3-6-13-32(25)46-38(26)35)44-39(45)33-24-17-21-14-15-23(36(33)43(31)44)18-22(16-21)19-24;36-31-28-20(19-9-2-1-3-10-19)11-6-14-23(28)34-25-16-8-15-24-29(25)32(35(31)34)21-12-7-18-27-30(21)33(24)22-13-4-5-17-26(22)37-27;1-2/h3-13,20-24H,14-19H2,1-2H3;1-18H;1-2H3. The summed E-state index contributed by atoms with van der Waals surface area (Å²) in [7, 11) is 0. The van der Waals surface area contributed by atoms with Gasteiger partial charge in [-0.1, -0.05) is 155 Å². The van der Waals surface area contributed by atoms with Gasteiger partial charge in [-0.25, -0.2) is 0 Å². The van der Waals surface area contributed by atoms with E-state index in [0.29, 0.717) is 11.8 Å². The molecule has 2 saturated carbocycles. The van der Waals surface area contributed by atoms with Crippen LogP contribution in [0.3, 0.4) is 0 Å². The van der Waals surface area contributed by atoms with E-state index in [1.54, 1.807) is 0 Å². The summed E-state index contributed by atoms with van der Waals surface area (Å²) in [5.74, 6) is 2.37. The smallest absolute Gasteiger partial charge is 0.361 e. The van der Waals surface area contributed by atoms with Crippen molar-refractivity contribution >= 4 is 114 Å². The van der Waals surface area contributed by atoms with Crippen LogP contribution in [0.5, 0.6) is 0 Å². The molecule has 2 fully saturated rings. The molecule has 0 radical (unpaired) electrons. The summed E-state index contributed by atoms with van der Waals surface area (Å²) in [5, 5.41) is 3.06. The van der Waals surface area contributed by atoms with E-state index in [-0.39, 0.29) is 30.2 Å².